The van der Waals surface area contributed by atoms with Crippen molar-refractivity contribution in [2.45, 2.75) is 32.4 Å². The van der Waals surface area contributed by atoms with E-state index in [9.17, 15) is 4.79 Å². The van der Waals surface area contributed by atoms with Gasteiger partial charge >= 0.3 is 0 Å². The molecule has 1 saturated heterocycles. The molecule has 156 valence electrons. The van der Waals surface area contributed by atoms with E-state index < -0.39 is 0 Å². The quantitative estimate of drug-likeness (QED) is 0.650. The lowest BCUT2D eigenvalue weighted by molar-refractivity contribution is 0.0238. The van der Waals surface area contributed by atoms with Crippen LogP contribution in [0.25, 0.3) is 5.69 Å². The van der Waals surface area contributed by atoms with Crippen molar-refractivity contribution < 1.29 is 14.3 Å². The van der Waals surface area contributed by atoms with Gasteiger partial charge < -0.3 is 14.8 Å². The van der Waals surface area contributed by atoms with Gasteiger partial charge in [-0.3, -0.25) is 9.36 Å². The molecule has 3 aromatic rings. The van der Waals surface area contributed by atoms with Crippen molar-refractivity contribution >= 4 is 17.5 Å². The zero-order valence-electron chi connectivity index (χ0n) is 16.5. The third kappa shape index (κ3) is 4.77. The number of benzene rings is 1. The fourth-order valence-corrected chi connectivity index (χ4v) is 3.36. The van der Waals surface area contributed by atoms with Gasteiger partial charge in [0.15, 0.2) is 5.82 Å². The Bertz CT molecular complexity index is 1020. The largest absolute Gasteiger partial charge is 0.473 e. The molecule has 2 aromatic heterocycles. The third-order valence-electron chi connectivity index (χ3n) is 4.85. The second-order valence-corrected chi connectivity index (χ2v) is 7.48. The second kappa shape index (κ2) is 9.23. The van der Waals surface area contributed by atoms with Gasteiger partial charge in [0.25, 0.3) is 5.91 Å². The highest BCUT2D eigenvalue weighted by Crippen LogP contribution is 2.25. The highest BCUT2D eigenvalue weighted by Gasteiger charge is 2.19. The predicted molar refractivity (Wildman–Crippen MR) is 111 cm³/mol. The Morgan fingerprint density at radius 3 is 2.80 bits per heavy atom. The average molecular weight is 428 g/mol. The SMILES string of the molecule is Cc1ccc(-n2cnnc2CNC(=O)c2cnc(OC3CCOCC3)c(Cl)c2)cc1. The maximum Gasteiger partial charge on any atom is 0.253 e. The van der Waals surface area contributed by atoms with Crippen molar-refractivity contribution in [3.8, 4) is 11.6 Å². The number of amides is 1. The smallest absolute Gasteiger partial charge is 0.253 e. The fraction of sp³-hybridized carbons (Fsp3) is 0.333. The first-order valence-corrected chi connectivity index (χ1v) is 10.1. The molecule has 1 fully saturated rings. The molecule has 9 heteroatoms. The van der Waals surface area contributed by atoms with Gasteiger partial charge in [-0.1, -0.05) is 29.3 Å². The lowest BCUT2D eigenvalue weighted by Gasteiger charge is -2.23. The molecule has 0 atom stereocenters. The van der Waals surface area contributed by atoms with E-state index in [-0.39, 0.29) is 18.6 Å². The van der Waals surface area contributed by atoms with Crippen LogP contribution in [0.2, 0.25) is 5.02 Å². The topological polar surface area (TPSA) is 91.2 Å². The molecule has 0 bridgehead atoms. The molecular weight excluding hydrogens is 406 g/mol. The Kier molecular flexibility index (Phi) is 6.25. The summed E-state index contributed by atoms with van der Waals surface area (Å²) in [5.41, 5.74) is 2.44. The van der Waals surface area contributed by atoms with Crippen LogP contribution in [0, 0.1) is 6.92 Å². The molecule has 1 aliphatic rings. The van der Waals surface area contributed by atoms with Crippen LogP contribution in [0.5, 0.6) is 5.88 Å². The molecule has 1 N–H and O–H groups in total. The zero-order valence-corrected chi connectivity index (χ0v) is 17.3. The summed E-state index contributed by atoms with van der Waals surface area (Å²) in [6.45, 7) is 3.56. The van der Waals surface area contributed by atoms with E-state index in [4.69, 9.17) is 21.1 Å². The fourth-order valence-electron chi connectivity index (χ4n) is 3.15. The number of carbonyl (C=O) groups is 1. The summed E-state index contributed by atoms with van der Waals surface area (Å²) in [5.74, 6) is 0.644. The van der Waals surface area contributed by atoms with Gasteiger partial charge in [0.05, 0.1) is 25.3 Å². The van der Waals surface area contributed by atoms with E-state index in [1.54, 1.807) is 12.4 Å². The molecule has 1 aromatic carbocycles. The van der Waals surface area contributed by atoms with Crippen LogP contribution < -0.4 is 10.1 Å². The first-order valence-electron chi connectivity index (χ1n) is 9.74. The molecule has 3 heterocycles. The van der Waals surface area contributed by atoms with Crippen LogP contribution in [0.4, 0.5) is 0 Å². The van der Waals surface area contributed by atoms with Crippen LogP contribution in [0.3, 0.4) is 0 Å². The Hall–Kier alpha value is -2.97. The number of hydrogen-bond acceptors (Lipinski definition) is 6. The van der Waals surface area contributed by atoms with Gasteiger partial charge in [-0.25, -0.2) is 4.98 Å². The molecule has 0 unspecified atom stereocenters. The summed E-state index contributed by atoms with van der Waals surface area (Å²) in [4.78, 5) is 16.8. The minimum Gasteiger partial charge on any atom is -0.473 e. The number of aromatic nitrogens is 4. The highest BCUT2D eigenvalue weighted by atomic mass is 35.5. The van der Waals surface area contributed by atoms with Crippen LogP contribution in [0.15, 0.2) is 42.9 Å². The third-order valence-corrected chi connectivity index (χ3v) is 5.12. The summed E-state index contributed by atoms with van der Waals surface area (Å²) in [6, 6.07) is 9.53. The maximum absolute atomic E-state index is 12.6. The normalized spacial score (nSPS) is 14.5. The molecule has 8 nitrogen and oxygen atoms in total. The standard InChI is InChI=1S/C21H22ClN5O3/c1-14-2-4-16(5-3-14)27-13-25-26-19(27)12-23-20(28)15-10-18(22)21(24-11-15)30-17-6-8-29-9-7-17/h2-5,10-11,13,17H,6-9,12H2,1H3,(H,23,28). The Morgan fingerprint density at radius 1 is 1.30 bits per heavy atom. The lowest BCUT2D eigenvalue weighted by Crippen LogP contribution is -2.27. The van der Waals surface area contributed by atoms with Crippen LogP contribution >= 0.6 is 11.6 Å². The first kappa shape index (κ1) is 20.3. The second-order valence-electron chi connectivity index (χ2n) is 7.08. The maximum atomic E-state index is 12.6. The predicted octanol–water partition coefficient (Wildman–Crippen LogP) is 3.11. The number of nitrogens with one attached hydrogen (secondary N) is 1. The van der Waals surface area contributed by atoms with Crippen molar-refractivity contribution in [2.24, 2.45) is 0 Å². The molecule has 1 amide bonds. The van der Waals surface area contributed by atoms with Crippen LogP contribution in [-0.4, -0.2) is 45.0 Å². The van der Waals surface area contributed by atoms with Crippen molar-refractivity contribution in [1.82, 2.24) is 25.1 Å². The summed E-state index contributed by atoms with van der Waals surface area (Å²) >= 11 is 6.29. The Balaban J connectivity index is 1.39. The summed E-state index contributed by atoms with van der Waals surface area (Å²) in [5, 5.41) is 11.2. The first-order chi connectivity index (χ1) is 14.6. The number of halogens is 1. The zero-order chi connectivity index (χ0) is 20.9. The molecule has 4 rings (SSSR count). The van der Waals surface area contributed by atoms with E-state index in [0.717, 1.165) is 24.1 Å². The molecular formula is C21H22ClN5O3. The van der Waals surface area contributed by atoms with E-state index in [1.165, 1.54) is 6.20 Å². The van der Waals surface area contributed by atoms with E-state index in [0.29, 0.717) is 35.5 Å². The number of nitrogens with zero attached hydrogens (tertiary/aromatic N) is 4. The average Bonchev–Trinajstić information content (AvgIpc) is 3.23. The molecule has 0 radical (unpaired) electrons. The molecule has 0 saturated carbocycles. The number of aryl methyl sites for hydroxylation is 1. The van der Waals surface area contributed by atoms with Gasteiger partial charge in [0, 0.05) is 24.7 Å². The van der Waals surface area contributed by atoms with Crippen molar-refractivity contribution in [3.63, 3.8) is 0 Å². The molecule has 30 heavy (non-hydrogen) atoms. The van der Waals surface area contributed by atoms with Gasteiger partial charge in [-0.15, -0.1) is 10.2 Å². The number of carbonyl (C=O) groups excluding carboxylic acids is 1. The molecule has 0 aliphatic carbocycles. The number of hydrogen-bond donors (Lipinski definition) is 1. The van der Waals surface area contributed by atoms with Gasteiger partial charge in [0.1, 0.15) is 17.5 Å². The summed E-state index contributed by atoms with van der Waals surface area (Å²) in [7, 11) is 0. The van der Waals surface area contributed by atoms with Crippen molar-refractivity contribution in [1.29, 1.82) is 0 Å². The van der Waals surface area contributed by atoms with Gasteiger partial charge in [-0.2, -0.15) is 0 Å². The van der Waals surface area contributed by atoms with E-state index in [2.05, 4.69) is 20.5 Å². The monoisotopic (exact) mass is 427 g/mol. The molecule has 0 spiro atoms. The van der Waals surface area contributed by atoms with Crippen LogP contribution in [-0.2, 0) is 11.3 Å². The van der Waals surface area contributed by atoms with Crippen molar-refractivity contribution in [3.05, 3.63) is 64.8 Å². The van der Waals surface area contributed by atoms with Gasteiger partial charge in [0.2, 0.25) is 5.88 Å². The lowest BCUT2D eigenvalue weighted by atomic mass is 10.1. The van der Waals surface area contributed by atoms with E-state index in [1.807, 2.05) is 35.8 Å². The van der Waals surface area contributed by atoms with Crippen molar-refractivity contribution in [2.75, 3.05) is 13.2 Å². The minimum absolute atomic E-state index is 0.0246. The van der Waals surface area contributed by atoms with Gasteiger partial charge in [-0.05, 0) is 25.1 Å². The Morgan fingerprint density at radius 2 is 2.07 bits per heavy atom. The minimum atomic E-state index is -0.305. The number of pyridine rings is 1. The highest BCUT2D eigenvalue weighted by molar-refractivity contribution is 6.32. The Labute approximate surface area is 179 Å². The summed E-state index contributed by atoms with van der Waals surface area (Å²) < 4.78 is 13.0. The number of ether oxygens (including phenoxy) is 2. The summed E-state index contributed by atoms with van der Waals surface area (Å²) in [6.07, 6.45) is 4.69. The number of rotatable bonds is 6. The van der Waals surface area contributed by atoms with E-state index >= 15 is 0 Å². The molecule has 1 aliphatic heterocycles. The van der Waals surface area contributed by atoms with Crippen LogP contribution in [0.1, 0.15) is 34.6 Å².